The molecule has 1 unspecified atom stereocenters. The molecule has 1 aliphatic carbocycles. The summed E-state index contributed by atoms with van der Waals surface area (Å²) in [6, 6.07) is 2.61. The standard InChI is InChI=1S/C11H17NOS/c1-8(10-2-3-14-7-10)12-6-9-4-11(13)5-9/h2-3,7-9,11-13H,4-6H2,1H3. The van der Waals surface area contributed by atoms with Gasteiger partial charge in [0.05, 0.1) is 6.10 Å². The maximum absolute atomic E-state index is 9.14. The molecule has 1 fully saturated rings. The first-order valence-electron chi connectivity index (χ1n) is 5.19. The van der Waals surface area contributed by atoms with Crippen LogP contribution in [-0.2, 0) is 0 Å². The molecular formula is C11H17NOS. The molecule has 0 spiro atoms. The molecule has 0 aliphatic heterocycles. The molecule has 1 atom stereocenters. The Hall–Kier alpha value is -0.380. The minimum Gasteiger partial charge on any atom is -0.393 e. The van der Waals surface area contributed by atoms with Crippen molar-refractivity contribution in [2.45, 2.75) is 31.9 Å². The lowest BCUT2D eigenvalue weighted by Crippen LogP contribution is -2.36. The van der Waals surface area contributed by atoms with E-state index in [4.69, 9.17) is 5.11 Å². The number of thiophene rings is 1. The van der Waals surface area contributed by atoms with Crippen LogP contribution in [0.25, 0.3) is 0 Å². The average Bonchev–Trinajstić information content (AvgIpc) is 2.62. The summed E-state index contributed by atoms with van der Waals surface area (Å²) >= 11 is 1.74. The molecule has 2 N–H and O–H groups in total. The van der Waals surface area contributed by atoms with Gasteiger partial charge in [-0.1, -0.05) is 0 Å². The van der Waals surface area contributed by atoms with Gasteiger partial charge in [0.1, 0.15) is 0 Å². The molecule has 1 saturated carbocycles. The lowest BCUT2D eigenvalue weighted by Gasteiger charge is -2.32. The van der Waals surface area contributed by atoms with Gasteiger partial charge in [-0.15, -0.1) is 0 Å². The molecule has 2 rings (SSSR count). The first-order valence-corrected chi connectivity index (χ1v) is 6.13. The third kappa shape index (κ3) is 2.35. The maximum atomic E-state index is 9.14. The lowest BCUT2D eigenvalue weighted by atomic mass is 9.82. The molecule has 1 aliphatic rings. The van der Waals surface area contributed by atoms with Gasteiger partial charge in [0.2, 0.25) is 0 Å². The van der Waals surface area contributed by atoms with Crippen molar-refractivity contribution in [3.63, 3.8) is 0 Å². The van der Waals surface area contributed by atoms with E-state index in [-0.39, 0.29) is 6.10 Å². The number of hydrogen-bond acceptors (Lipinski definition) is 3. The van der Waals surface area contributed by atoms with Gasteiger partial charge in [0, 0.05) is 6.04 Å². The smallest absolute Gasteiger partial charge is 0.0546 e. The second-order valence-corrected chi connectivity index (χ2v) is 4.96. The maximum Gasteiger partial charge on any atom is 0.0546 e. The Balaban J connectivity index is 1.71. The molecule has 1 aromatic heterocycles. The van der Waals surface area contributed by atoms with Crippen molar-refractivity contribution in [1.29, 1.82) is 0 Å². The van der Waals surface area contributed by atoms with E-state index in [0.717, 1.165) is 19.4 Å². The molecule has 0 aromatic carbocycles. The minimum absolute atomic E-state index is 0.0294. The normalized spacial score (nSPS) is 28.4. The second-order valence-electron chi connectivity index (χ2n) is 4.18. The highest BCUT2D eigenvalue weighted by Gasteiger charge is 2.26. The van der Waals surface area contributed by atoms with E-state index in [1.165, 1.54) is 5.56 Å². The van der Waals surface area contributed by atoms with Gasteiger partial charge in [-0.2, -0.15) is 11.3 Å². The Morgan fingerprint density at radius 3 is 3.00 bits per heavy atom. The van der Waals surface area contributed by atoms with Gasteiger partial charge in [0.25, 0.3) is 0 Å². The van der Waals surface area contributed by atoms with Crippen molar-refractivity contribution in [1.82, 2.24) is 5.32 Å². The average molecular weight is 211 g/mol. The molecule has 1 heterocycles. The quantitative estimate of drug-likeness (QED) is 0.800. The van der Waals surface area contributed by atoms with E-state index >= 15 is 0 Å². The van der Waals surface area contributed by atoms with E-state index in [1.54, 1.807) is 11.3 Å². The Bertz CT molecular complexity index is 267. The summed E-state index contributed by atoms with van der Waals surface area (Å²) in [6.45, 7) is 3.23. The van der Waals surface area contributed by atoms with E-state index < -0.39 is 0 Å². The van der Waals surface area contributed by atoms with Gasteiger partial charge in [-0.3, -0.25) is 0 Å². The van der Waals surface area contributed by atoms with Gasteiger partial charge in [0.15, 0.2) is 0 Å². The molecule has 78 valence electrons. The fourth-order valence-corrected chi connectivity index (χ4v) is 2.60. The summed E-state index contributed by atoms with van der Waals surface area (Å²) in [7, 11) is 0. The van der Waals surface area contributed by atoms with Crippen LogP contribution in [-0.4, -0.2) is 17.8 Å². The summed E-state index contributed by atoms with van der Waals surface area (Å²) in [5.41, 5.74) is 1.37. The van der Waals surface area contributed by atoms with Crippen LogP contribution in [0.3, 0.4) is 0 Å². The van der Waals surface area contributed by atoms with Crippen LogP contribution in [0.15, 0.2) is 16.8 Å². The van der Waals surface area contributed by atoms with Gasteiger partial charge < -0.3 is 10.4 Å². The molecule has 0 radical (unpaired) electrons. The van der Waals surface area contributed by atoms with Crippen LogP contribution in [0.5, 0.6) is 0 Å². The highest BCUT2D eigenvalue weighted by atomic mass is 32.1. The molecular weight excluding hydrogens is 194 g/mol. The van der Waals surface area contributed by atoms with Crippen molar-refractivity contribution in [3.8, 4) is 0 Å². The largest absolute Gasteiger partial charge is 0.393 e. The zero-order valence-corrected chi connectivity index (χ0v) is 9.26. The van der Waals surface area contributed by atoms with Crippen molar-refractivity contribution in [3.05, 3.63) is 22.4 Å². The topological polar surface area (TPSA) is 32.3 Å². The highest BCUT2D eigenvalue weighted by molar-refractivity contribution is 7.07. The third-order valence-electron chi connectivity index (χ3n) is 2.97. The van der Waals surface area contributed by atoms with Crippen LogP contribution in [0.1, 0.15) is 31.4 Å². The Labute approximate surface area is 89.0 Å². The Kier molecular flexibility index (Phi) is 3.21. The highest BCUT2D eigenvalue weighted by Crippen LogP contribution is 2.27. The first kappa shape index (κ1) is 10.1. The summed E-state index contributed by atoms with van der Waals surface area (Å²) in [5, 5.41) is 16.9. The molecule has 0 saturated heterocycles. The van der Waals surface area contributed by atoms with E-state index in [1.807, 2.05) is 0 Å². The summed E-state index contributed by atoms with van der Waals surface area (Å²) in [6.07, 6.45) is 1.92. The predicted octanol–water partition coefficient (Wildman–Crippen LogP) is 2.17. The summed E-state index contributed by atoms with van der Waals surface area (Å²) < 4.78 is 0. The summed E-state index contributed by atoms with van der Waals surface area (Å²) in [5.74, 6) is 0.686. The molecule has 0 bridgehead atoms. The minimum atomic E-state index is -0.0294. The van der Waals surface area contributed by atoms with E-state index in [2.05, 4.69) is 29.1 Å². The number of aliphatic hydroxyl groups excluding tert-OH is 1. The van der Waals surface area contributed by atoms with Crippen molar-refractivity contribution in [2.24, 2.45) is 5.92 Å². The molecule has 1 aromatic rings. The zero-order valence-electron chi connectivity index (χ0n) is 8.44. The van der Waals surface area contributed by atoms with Gasteiger partial charge in [-0.25, -0.2) is 0 Å². The SMILES string of the molecule is CC(NCC1CC(O)C1)c1ccsc1. The third-order valence-corrected chi connectivity index (χ3v) is 3.67. The van der Waals surface area contributed by atoms with Crippen molar-refractivity contribution in [2.75, 3.05) is 6.54 Å². The fraction of sp³-hybridized carbons (Fsp3) is 0.636. The number of rotatable bonds is 4. The zero-order chi connectivity index (χ0) is 9.97. The van der Waals surface area contributed by atoms with Crippen LogP contribution in [0.2, 0.25) is 0 Å². The first-order chi connectivity index (χ1) is 6.75. The van der Waals surface area contributed by atoms with Crippen molar-refractivity contribution < 1.29 is 5.11 Å². The molecule has 2 nitrogen and oxygen atoms in total. The number of hydrogen-bond donors (Lipinski definition) is 2. The van der Waals surface area contributed by atoms with Crippen LogP contribution in [0.4, 0.5) is 0 Å². The van der Waals surface area contributed by atoms with Crippen LogP contribution in [0, 0.1) is 5.92 Å². The van der Waals surface area contributed by atoms with E-state index in [0.29, 0.717) is 12.0 Å². The van der Waals surface area contributed by atoms with Gasteiger partial charge in [-0.05, 0) is 54.6 Å². The molecule has 0 amide bonds. The molecule has 14 heavy (non-hydrogen) atoms. The van der Waals surface area contributed by atoms with Crippen LogP contribution >= 0.6 is 11.3 Å². The second kappa shape index (κ2) is 4.43. The van der Waals surface area contributed by atoms with E-state index in [9.17, 15) is 0 Å². The Morgan fingerprint density at radius 2 is 2.43 bits per heavy atom. The Morgan fingerprint density at radius 1 is 1.64 bits per heavy atom. The van der Waals surface area contributed by atoms with Crippen molar-refractivity contribution >= 4 is 11.3 Å². The van der Waals surface area contributed by atoms with Gasteiger partial charge >= 0.3 is 0 Å². The van der Waals surface area contributed by atoms with Crippen LogP contribution < -0.4 is 5.32 Å². The number of nitrogens with one attached hydrogen (secondary N) is 1. The monoisotopic (exact) mass is 211 g/mol. The molecule has 3 heteroatoms. The predicted molar refractivity (Wildman–Crippen MR) is 59.5 cm³/mol. The summed E-state index contributed by atoms with van der Waals surface area (Å²) in [4.78, 5) is 0. The number of aliphatic hydroxyl groups is 1. The fourth-order valence-electron chi connectivity index (χ4n) is 1.85. The lowest BCUT2D eigenvalue weighted by molar-refractivity contribution is 0.0421.